The third-order valence-corrected chi connectivity index (χ3v) is 2.56. The van der Waals surface area contributed by atoms with Gasteiger partial charge < -0.3 is 15.3 Å². The number of aliphatic hydroxyl groups excluding tert-OH is 1. The molecule has 0 unspecified atom stereocenters. The Morgan fingerprint density at radius 3 is 2.72 bits per heavy atom. The molecule has 0 spiro atoms. The first-order chi connectivity index (χ1) is 8.81. The molecule has 0 saturated carbocycles. The van der Waals surface area contributed by atoms with Crippen LogP contribution >= 0.6 is 0 Å². The van der Waals surface area contributed by atoms with Gasteiger partial charge in [0.15, 0.2) is 0 Å². The Balaban J connectivity index is 2.17. The molecule has 0 saturated heterocycles. The third kappa shape index (κ3) is 2.95. The van der Waals surface area contributed by atoms with Crippen molar-refractivity contribution in [3.63, 3.8) is 0 Å². The van der Waals surface area contributed by atoms with Gasteiger partial charge >= 0.3 is 0 Å². The van der Waals surface area contributed by atoms with E-state index in [0.29, 0.717) is 12.4 Å². The third-order valence-electron chi connectivity index (χ3n) is 2.56. The van der Waals surface area contributed by atoms with E-state index in [4.69, 9.17) is 5.11 Å². The summed E-state index contributed by atoms with van der Waals surface area (Å²) in [5.41, 5.74) is 1.06. The molecule has 0 bridgehead atoms. The van der Waals surface area contributed by atoms with E-state index < -0.39 is 0 Å². The van der Waals surface area contributed by atoms with Crippen molar-refractivity contribution in [2.45, 2.75) is 0 Å². The molecule has 1 aromatic heterocycles. The first-order valence-electron chi connectivity index (χ1n) is 5.77. The topological polar surface area (TPSA) is 61.3 Å². The Bertz CT molecular complexity index is 489. The predicted molar refractivity (Wildman–Crippen MR) is 72.1 cm³/mol. The van der Waals surface area contributed by atoms with Crippen molar-refractivity contribution in [3.05, 3.63) is 42.7 Å². The molecule has 0 amide bonds. The molecule has 2 rings (SSSR count). The van der Waals surface area contributed by atoms with Gasteiger partial charge in [-0.05, 0) is 12.1 Å². The average Bonchev–Trinajstić information content (AvgIpc) is 2.45. The van der Waals surface area contributed by atoms with E-state index in [2.05, 4.69) is 15.3 Å². The lowest BCUT2D eigenvalue weighted by atomic mass is 10.3. The smallest absolute Gasteiger partial charge is 0.138 e. The molecule has 5 nitrogen and oxygen atoms in total. The Morgan fingerprint density at radius 2 is 2.00 bits per heavy atom. The van der Waals surface area contributed by atoms with Crippen LogP contribution in [0.2, 0.25) is 0 Å². The second-order valence-corrected chi connectivity index (χ2v) is 3.81. The molecule has 0 aliphatic heterocycles. The summed E-state index contributed by atoms with van der Waals surface area (Å²) in [6.45, 7) is 0.555. The lowest BCUT2D eigenvalue weighted by Crippen LogP contribution is -2.13. The summed E-state index contributed by atoms with van der Waals surface area (Å²) in [5, 5.41) is 11.8. The molecule has 1 heterocycles. The minimum Gasteiger partial charge on any atom is -0.395 e. The highest BCUT2D eigenvalue weighted by atomic mass is 16.3. The molecule has 0 atom stereocenters. The van der Waals surface area contributed by atoms with Crippen molar-refractivity contribution >= 4 is 17.3 Å². The highest BCUT2D eigenvalue weighted by Gasteiger charge is 2.05. The molecule has 94 valence electrons. The normalized spacial score (nSPS) is 10.1. The molecule has 0 fully saturated rings. The van der Waals surface area contributed by atoms with Gasteiger partial charge in [0.1, 0.15) is 18.0 Å². The largest absolute Gasteiger partial charge is 0.395 e. The zero-order valence-corrected chi connectivity index (χ0v) is 10.2. The summed E-state index contributed by atoms with van der Waals surface area (Å²) < 4.78 is 0. The van der Waals surface area contributed by atoms with Crippen LogP contribution in [0.15, 0.2) is 42.7 Å². The summed E-state index contributed by atoms with van der Waals surface area (Å²) >= 11 is 0. The fraction of sp³-hybridized carbons (Fsp3) is 0.231. The predicted octanol–water partition coefficient (Wildman–Crippen LogP) is 1.65. The molecule has 0 radical (unpaired) electrons. The first-order valence-corrected chi connectivity index (χ1v) is 5.77. The maximum atomic E-state index is 8.77. The number of nitrogens with one attached hydrogen (secondary N) is 1. The molecule has 5 heteroatoms. The van der Waals surface area contributed by atoms with Crippen LogP contribution in [0.25, 0.3) is 0 Å². The van der Waals surface area contributed by atoms with Crippen LogP contribution in [0.3, 0.4) is 0 Å². The van der Waals surface area contributed by atoms with Crippen LogP contribution < -0.4 is 10.2 Å². The molecular weight excluding hydrogens is 228 g/mol. The van der Waals surface area contributed by atoms with Crippen molar-refractivity contribution in [1.29, 1.82) is 0 Å². The first kappa shape index (κ1) is 12.3. The number of aliphatic hydroxyl groups is 1. The zero-order chi connectivity index (χ0) is 12.8. The fourth-order valence-corrected chi connectivity index (χ4v) is 1.59. The monoisotopic (exact) mass is 244 g/mol. The van der Waals surface area contributed by atoms with E-state index in [1.165, 1.54) is 6.33 Å². The quantitative estimate of drug-likeness (QED) is 0.837. The van der Waals surface area contributed by atoms with Crippen molar-refractivity contribution in [2.75, 3.05) is 30.4 Å². The van der Waals surface area contributed by atoms with E-state index in [1.54, 1.807) is 0 Å². The highest BCUT2D eigenvalue weighted by molar-refractivity contribution is 5.61. The Labute approximate surface area is 106 Å². The molecule has 2 aromatic rings. The Kier molecular flexibility index (Phi) is 4.09. The van der Waals surface area contributed by atoms with Gasteiger partial charge in [-0.1, -0.05) is 18.2 Å². The van der Waals surface area contributed by atoms with E-state index in [9.17, 15) is 0 Å². The SMILES string of the molecule is CN(c1ccccc1)c1cc(NCCO)ncn1. The van der Waals surface area contributed by atoms with Crippen molar-refractivity contribution in [3.8, 4) is 0 Å². The van der Waals surface area contributed by atoms with Crippen molar-refractivity contribution in [2.24, 2.45) is 0 Å². The van der Waals surface area contributed by atoms with Crippen molar-refractivity contribution in [1.82, 2.24) is 9.97 Å². The maximum Gasteiger partial charge on any atom is 0.138 e. The fourth-order valence-electron chi connectivity index (χ4n) is 1.59. The minimum absolute atomic E-state index is 0.0772. The highest BCUT2D eigenvalue weighted by Crippen LogP contribution is 2.21. The van der Waals surface area contributed by atoms with Crippen LogP contribution in [-0.2, 0) is 0 Å². The van der Waals surface area contributed by atoms with Gasteiger partial charge in [0.2, 0.25) is 0 Å². The summed E-state index contributed by atoms with van der Waals surface area (Å²) in [4.78, 5) is 10.3. The minimum atomic E-state index is 0.0772. The van der Waals surface area contributed by atoms with Gasteiger partial charge in [-0.2, -0.15) is 0 Å². The molecule has 0 aliphatic rings. The van der Waals surface area contributed by atoms with Gasteiger partial charge in [0.25, 0.3) is 0 Å². The van der Waals surface area contributed by atoms with Crippen LogP contribution in [0.4, 0.5) is 17.3 Å². The number of rotatable bonds is 5. The molecule has 0 aliphatic carbocycles. The van der Waals surface area contributed by atoms with Gasteiger partial charge in [-0.3, -0.25) is 0 Å². The van der Waals surface area contributed by atoms with Gasteiger partial charge in [-0.25, -0.2) is 9.97 Å². The Hall–Kier alpha value is -2.14. The van der Waals surface area contributed by atoms with Gasteiger partial charge in [0, 0.05) is 25.3 Å². The number of anilines is 3. The second kappa shape index (κ2) is 5.97. The van der Waals surface area contributed by atoms with Gasteiger partial charge in [-0.15, -0.1) is 0 Å². The summed E-state index contributed by atoms with van der Waals surface area (Å²) in [7, 11) is 1.95. The van der Waals surface area contributed by atoms with Crippen LogP contribution in [0.1, 0.15) is 0 Å². The van der Waals surface area contributed by atoms with Crippen molar-refractivity contribution < 1.29 is 5.11 Å². The lowest BCUT2D eigenvalue weighted by molar-refractivity contribution is 0.311. The number of hydrogen-bond acceptors (Lipinski definition) is 5. The average molecular weight is 244 g/mol. The standard InChI is InChI=1S/C13H16N4O/c1-17(11-5-3-2-4-6-11)13-9-12(14-7-8-18)15-10-16-13/h2-6,9-10,18H,7-8H2,1H3,(H,14,15,16). The summed E-state index contributed by atoms with van der Waals surface area (Å²) in [6, 6.07) is 11.8. The van der Waals surface area contributed by atoms with E-state index in [0.717, 1.165) is 11.5 Å². The van der Waals surface area contributed by atoms with Crippen LogP contribution in [0, 0.1) is 0 Å². The number of benzene rings is 1. The molecule has 18 heavy (non-hydrogen) atoms. The van der Waals surface area contributed by atoms with Crippen LogP contribution in [-0.4, -0.2) is 35.3 Å². The van der Waals surface area contributed by atoms with Crippen LogP contribution in [0.5, 0.6) is 0 Å². The number of para-hydroxylation sites is 1. The number of aromatic nitrogens is 2. The van der Waals surface area contributed by atoms with Gasteiger partial charge in [0.05, 0.1) is 6.61 Å². The van der Waals surface area contributed by atoms with E-state index in [-0.39, 0.29) is 6.61 Å². The van der Waals surface area contributed by atoms with E-state index >= 15 is 0 Å². The molecule has 2 N–H and O–H groups in total. The maximum absolute atomic E-state index is 8.77. The van der Waals surface area contributed by atoms with E-state index in [1.807, 2.05) is 48.3 Å². The number of hydrogen-bond donors (Lipinski definition) is 2. The zero-order valence-electron chi connectivity index (χ0n) is 10.2. The Morgan fingerprint density at radius 1 is 1.22 bits per heavy atom. The molecular formula is C13H16N4O. The summed E-state index contributed by atoms with van der Waals surface area (Å²) in [5.74, 6) is 1.51. The lowest BCUT2D eigenvalue weighted by Gasteiger charge is -2.18. The molecule has 1 aromatic carbocycles. The second-order valence-electron chi connectivity index (χ2n) is 3.81. The number of nitrogens with zero attached hydrogens (tertiary/aromatic N) is 3. The summed E-state index contributed by atoms with van der Waals surface area (Å²) in [6.07, 6.45) is 1.51.